The number of sulfone groups is 1. The van der Waals surface area contributed by atoms with Crippen LogP contribution in [0.5, 0.6) is 5.88 Å². The number of hydrogen-bond acceptors (Lipinski definition) is 8. The van der Waals surface area contributed by atoms with Crippen molar-refractivity contribution in [2.45, 2.75) is 76.4 Å². The van der Waals surface area contributed by atoms with Gasteiger partial charge in [-0.2, -0.15) is 0 Å². The highest BCUT2D eigenvalue weighted by molar-refractivity contribution is 7.90. The van der Waals surface area contributed by atoms with Crippen LogP contribution in [-0.2, 0) is 21.2 Å². The first-order chi connectivity index (χ1) is 17.7. The number of nitrogens with one attached hydrogen (secondary N) is 1. The highest BCUT2D eigenvalue weighted by atomic mass is 32.2. The molecule has 1 saturated heterocycles. The quantitative estimate of drug-likeness (QED) is 0.234. The van der Waals surface area contributed by atoms with Crippen LogP contribution in [0.2, 0.25) is 0 Å². The van der Waals surface area contributed by atoms with Crippen LogP contribution in [0.1, 0.15) is 69.9 Å². The number of imide groups is 1. The lowest BCUT2D eigenvalue weighted by Gasteiger charge is -2.58. The van der Waals surface area contributed by atoms with Gasteiger partial charge in [0.05, 0.1) is 5.75 Å². The maximum Gasteiger partial charge on any atom is 0.334 e. The van der Waals surface area contributed by atoms with E-state index in [1.807, 2.05) is 6.92 Å². The van der Waals surface area contributed by atoms with Gasteiger partial charge >= 0.3 is 11.7 Å². The van der Waals surface area contributed by atoms with Crippen molar-refractivity contribution in [3.8, 4) is 5.88 Å². The number of hydrogen-bond donors (Lipinski definition) is 3. The molecular formula is C24H36N6O7S. The van der Waals surface area contributed by atoms with Crippen LogP contribution < -0.4 is 17.0 Å². The molecule has 4 rings (SSSR count). The first-order valence-corrected chi connectivity index (χ1v) is 14.9. The summed E-state index contributed by atoms with van der Waals surface area (Å²) in [6.45, 7) is 2.06. The minimum Gasteiger partial charge on any atom is -0.494 e. The number of nitrogens with two attached hydrogens (primary N) is 1. The van der Waals surface area contributed by atoms with Crippen LogP contribution in [-0.4, -0.2) is 81.4 Å². The summed E-state index contributed by atoms with van der Waals surface area (Å²) in [6, 6.07) is -0.962. The molecule has 0 atom stereocenters. The Kier molecular flexibility index (Phi) is 7.00. The summed E-state index contributed by atoms with van der Waals surface area (Å²) in [5.41, 5.74) is 2.45. The van der Waals surface area contributed by atoms with E-state index in [1.54, 1.807) is 0 Å². The summed E-state index contributed by atoms with van der Waals surface area (Å²) in [7, 11) is -1.93. The minimum atomic E-state index is -3.34. The van der Waals surface area contributed by atoms with Crippen LogP contribution in [0.3, 0.4) is 0 Å². The topological polar surface area (TPSA) is 189 Å². The minimum absolute atomic E-state index is 0.0551. The number of aromatic hydroxyl groups is 1. The molecule has 1 aromatic heterocycles. The molecule has 2 aliphatic carbocycles. The van der Waals surface area contributed by atoms with E-state index in [1.165, 1.54) is 11.9 Å². The van der Waals surface area contributed by atoms with Gasteiger partial charge in [-0.25, -0.2) is 18.0 Å². The molecule has 4 N–H and O–H groups in total. The largest absolute Gasteiger partial charge is 0.494 e. The Morgan fingerprint density at radius 1 is 1.13 bits per heavy atom. The zero-order chi connectivity index (χ0) is 28.2. The van der Waals surface area contributed by atoms with E-state index < -0.39 is 50.4 Å². The molecule has 14 heteroatoms. The lowest BCUT2D eigenvalue weighted by atomic mass is 9.51. The predicted molar refractivity (Wildman–Crippen MR) is 139 cm³/mol. The van der Waals surface area contributed by atoms with Gasteiger partial charge in [0.25, 0.3) is 11.5 Å². The first-order valence-electron chi connectivity index (χ1n) is 12.9. The van der Waals surface area contributed by atoms with E-state index in [4.69, 9.17) is 11.1 Å². The summed E-state index contributed by atoms with van der Waals surface area (Å²) in [5.74, 6) is -1.76. The molecule has 1 aromatic rings. The third-order valence-corrected chi connectivity index (χ3v) is 9.42. The SMILES string of the molecule is CCCCn1c(O)c(C(=N)N)c(=O)n(C2CCC3(CC2)CC2(C3)C(=O)N(C)C(=O)N2CCS(C)(=O)=O)c1=O. The fraction of sp³-hybridized carbons (Fsp3) is 0.708. The van der Waals surface area contributed by atoms with Crippen LogP contribution in [0.25, 0.3) is 0 Å². The third kappa shape index (κ3) is 4.41. The Balaban J connectivity index is 1.57. The molecule has 13 nitrogen and oxygen atoms in total. The van der Waals surface area contributed by atoms with Gasteiger partial charge in [0.15, 0.2) is 0 Å². The molecule has 0 bridgehead atoms. The Labute approximate surface area is 220 Å². The number of likely N-dealkylation sites (N-methyl/N-ethyl adjacent to an activating group) is 1. The van der Waals surface area contributed by atoms with Gasteiger partial charge in [-0.3, -0.25) is 29.0 Å². The van der Waals surface area contributed by atoms with E-state index in [0.717, 1.165) is 26.7 Å². The Bertz CT molecular complexity index is 1400. The lowest BCUT2D eigenvalue weighted by molar-refractivity contribution is -0.149. The fourth-order valence-electron chi connectivity index (χ4n) is 6.54. The number of carbonyl (C=O) groups excluding carboxylic acids is 2. The summed E-state index contributed by atoms with van der Waals surface area (Å²) < 4.78 is 25.7. The van der Waals surface area contributed by atoms with Crippen LogP contribution in [0, 0.1) is 10.8 Å². The van der Waals surface area contributed by atoms with E-state index in [9.17, 15) is 32.7 Å². The summed E-state index contributed by atoms with van der Waals surface area (Å²) in [5, 5.41) is 18.3. The highest BCUT2D eigenvalue weighted by Crippen LogP contribution is 2.61. The fourth-order valence-corrected chi connectivity index (χ4v) is 7.05. The molecule has 3 aliphatic rings. The van der Waals surface area contributed by atoms with E-state index in [2.05, 4.69) is 0 Å². The average molecular weight is 553 g/mol. The molecule has 0 radical (unpaired) electrons. The molecule has 38 heavy (non-hydrogen) atoms. The van der Waals surface area contributed by atoms with Crippen LogP contribution >= 0.6 is 0 Å². The molecule has 2 spiro atoms. The normalized spacial score (nSPS) is 27.4. The molecular weight excluding hydrogens is 516 g/mol. The molecule has 3 fully saturated rings. The third-order valence-electron chi connectivity index (χ3n) is 8.49. The number of nitrogens with zero attached hydrogens (tertiary/aromatic N) is 4. The van der Waals surface area contributed by atoms with Gasteiger partial charge in [-0.15, -0.1) is 0 Å². The first kappa shape index (κ1) is 27.9. The average Bonchev–Trinajstić information content (AvgIpc) is 2.98. The van der Waals surface area contributed by atoms with Crippen molar-refractivity contribution in [2.75, 3.05) is 25.6 Å². The van der Waals surface area contributed by atoms with Crippen molar-refractivity contribution >= 4 is 27.6 Å². The summed E-state index contributed by atoms with van der Waals surface area (Å²) in [6.07, 6.45) is 5.36. The van der Waals surface area contributed by atoms with Gasteiger partial charge in [-0.1, -0.05) is 13.3 Å². The predicted octanol–water partition coefficient (Wildman–Crippen LogP) is 0.372. The van der Waals surface area contributed by atoms with Crippen molar-refractivity contribution in [3.63, 3.8) is 0 Å². The Morgan fingerprint density at radius 3 is 2.26 bits per heavy atom. The summed E-state index contributed by atoms with van der Waals surface area (Å²) >= 11 is 0. The maximum absolute atomic E-state index is 13.3. The molecule has 0 aromatic carbocycles. The molecule has 0 unspecified atom stereocenters. The molecule has 2 saturated carbocycles. The lowest BCUT2D eigenvalue weighted by Crippen LogP contribution is -2.64. The summed E-state index contributed by atoms with van der Waals surface area (Å²) in [4.78, 5) is 54.7. The smallest absolute Gasteiger partial charge is 0.334 e. The van der Waals surface area contributed by atoms with Gasteiger partial charge < -0.3 is 15.7 Å². The van der Waals surface area contributed by atoms with E-state index >= 15 is 0 Å². The van der Waals surface area contributed by atoms with Gasteiger partial charge in [0.2, 0.25) is 5.88 Å². The van der Waals surface area contributed by atoms with Crippen molar-refractivity contribution < 1.29 is 23.1 Å². The molecule has 2 heterocycles. The van der Waals surface area contributed by atoms with E-state index in [0.29, 0.717) is 44.9 Å². The number of aromatic nitrogens is 2. The van der Waals surface area contributed by atoms with Crippen molar-refractivity contribution in [2.24, 2.45) is 11.1 Å². The molecule has 210 valence electrons. The maximum atomic E-state index is 13.3. The number of amides is 3. The van der Waals surface area contributed by atoms with Crippen molar-refractivity contribution in [1.82, 2.24) is 18.9 Å². The number of amidine groups is 1. The van der Waals surface area contributed by atoms with Crippen molar-refractivity contribution in [1.29, 1.82) is 5.41 Å². The van der Waals surface area contributed by atoms with Gasteiger partial charge in [-0.05, 0) is 50.4 Å². The Morgan fingerprint density at radius 2 is 1.74 bits per heavy atom. The number of unbranched alkanes of at least 4 members (excludes halogenated alkanes) is 1. The second-order valence-electron chi connectivity index (χ2n) is 11.1. The van der Waals surface area contributed by atoms with E-state index in [-0.39, 0.29) is 35.7 Å². The van der Waals surface area contributed by atoms with Crippen molar-refractivity contribution in [3.05, 3.63) is 26.4 Å². The van der Waals surface area contributed by atoms with Gasteiger partial charge in [0.1, 0.15) is 26.8 Å². The Hall–Kier alpha value is -3.16. The number of nitrogen functional groups attached to an aromatic ring is 1. The van der Waals surface area contributed by atoms with Crippen LogP contribution in [0.15, 0.2) is 9.59 Å². The second-order valence-corrected chi connectivity index (χ2v) is 13.4. The molecule has 3 amide bonds. The van der Waals surface area contributed by atoms with Crippen LogP contribution in [0.4, 0.5) is 4.79 Å². The zero-order valence-electron chi connectivity index (χ0n) is 22.0. The highest BCUT2D eigenvalue weighted by Gasteiger charge is 2.67. The monoisotopic (exact) mass is 552 g/mol. The zero-order valence-corrected chi connectivity index (χ0v) is 22.8. The number of rotatable bonds is 8. The standard InChI is InChI=1S/C24H36N6O7S/c1-4-5-10-28-18(31)16(17(25)26)19(32)30(22(28)35)15-6-8-23(9-7-15)13-24(14-23)20(33)27(2)21(34)29(24)11-12-38(3,36)37/h15,31H,4-14H2,1-3H3,(H3,25,26). The second kappa shape index (κ2) is 9.54. The van der Waals surface area contributed by atoms with Gasteiger partial charge in [0, 0.05) is 32.4 Å². The number of carbonyl (C=O) groups is 2. The molecule has 1 aliphatic heterocycles. The number of urea groups is 1.